The maximum atomic E-state index is 12.5. The number of imidazole rings is 1. The lowest BCUT2D eigenvalue weighted by Crippen LogP contribution is -2.46. The van der Waals surface area contributed by atoms with Crippen molar-refractivity contribution in [1.82, 2.24) is 24.0 Å². The first-order chi connectivity index (χ1) is 11.4. The summed E-state index contributed by atoms with van der Waals surface area (Å²) < 4.78 is 3.78. The van der Waals surface area contributed by atoms with Gasteiger partial charge in [0.2, 0.25) is 5.91 Å². The standard InChI is InChI=1S/C15H22N6O3.ClH/c1-19-8-17-13-12(19)14(23)21(15(24)20(13)2)7-11(22)18-10-5-3-9(16)4-6-10;/h8-10H,3-7,16H2,1-2H3,(H,18,22);1H. The van der Waals surface area contributed by atoms with Gasteiger partial charge in [0.25, 0.3) is 5.56 Å². The first kappa shape index (κ1) is 19.2. The number of amides is 1. The number of rotatable bonds is 3. The summed E-state index contributed by atoms with van der Waals surface area (Å²) in [5.74, 6) is -0.337. The van der Waals surface area contributed by atoms with Gasteiger partial charge in [-0.25, -0.2) is 14.3 Å². The van der Waals surface area contributed by atoms with Crippen molar-refractivity contribution in [2.45, 2.75) is 44.3 Å². The van der Waals surface area contributed by atoms with Gasteiger partial charge >= 0.3 is 5.69 Å². The quantitative estimate of drug-likeness (QED) is 0.736. The van der Waals surface area contributed by atoms with E-state index in [2.05, 4.69) is 10.3 Å². The summed E-state index contributed by atoms with van der Waals surface area (Å²) in [6, 6.07) is 0.248. The van der Waals surface area contributed by atoms with Crippen LogP contribution in [0.4, 0.5) is 0 Å². The highest BCUT2D eigenvalue weighted by Crippen LogP contribution is 2.16. The number of halogens is 1. The van der Waals surface area contributed by atoms with Crippen LogP contribution in [-0.2, 0) is 25.4 Å². The first-order valence-electron chi connectivity index (χ1n) is 8.04. The van der Waals surface area contributed by atoms with E-state index in [9.17, 15) is 14.4 Å². The molecule has 0 atom stereocenters. The molecule has 25 heavy (non-hydrogen) atoms. The van der Waals surface area contributed by atoms with Crippen molar-refractivity contribution in [3.05, 3.63) is 27.2 Å². The van der Waals surface area contributed by atoms with Crippen molar-refractivity contribution in [1.29, 1.82) is 0 Å². The van der Waals surface area contributed by atoms with E-state index in [-0.39, 0.29) is 36.9 Å². The van der Waals surface area contributed by atoms with E-state index in [1.54, 1.807) is 11.6 Å². The van der Waals surface area contributed by atoms with Crippen molar-refractivity contribution in [3.63, 3.8) is 0 Å². The number of nitrogens with two attached hydrogens (primary N) is 1. The van der Waals surface area contributed by atoms with Gasteiger partial charge < -0.3 is 15.6 Å². The number of aryl methyl sites for hydroxylation is 2. The fourth-order valence-electron chi connectivity index (χ4n) is 3.22. The summed E-state index contributed by atoms with van der Waals surface area (Å²) in [5.41, 5.74) is 5.41. The van der Waals surface area contributed by atoms with E-state index in [0.29, 0.717) is 11.2 Å². The molecule has 0 spiro atoms. The third-order valence-corrected chi connectivity index (χ3v) is 4.64. The number of hydrogen-bond acceptors (Lipinski definition) is 5. The monoisotopic (exact) mass is 370 g/mol. The molecule has 0 unspecified atom stereocenters. The number of aromatic nitrogens is 4. The lowest BCUT2D eigenvalue weighted by Gasteiger charge is -2.26. The Morgan fingerprint density at radius 2 is 1.92 bits per heavy atom. The summed E-state index contributed by atoms with van der Waals surface area (Å²) >= 11 is 0. The maximum Gasteiger partial charge on any atom is 0.332 e. The summed E-state index contributed by atoms with van der Waals surface area (Å²) in [6.45, 7) is -0.296. The molecule has 9 nitrogen and oxygen atoms in total. The molecule has 0 saturated heterocycles. The smallest absolute Gasteiger partial charge is 0.332 e. The van der Waals surface area contributed by atoms with Crippen molar-refractivity contribution in [2.24, 2.45) is 19.8 Å². The SMILES string of the molecule is Cl.Cn1cnc2c1c(=O)n(CC(=O)NC1CCC(N)CC1)c(=O)n2C. The molecule has 3 rings (SSSR count). The number of carbonyl (C=O) groups is 1. The van der Waals surface area contributed by atoms with Gasteiger partial charge in [-0.05, 0) is 25.7 Å². The number of fused-ring (bicyclic) bond motifs is 1. The highest BCUT2D eigenvalue weighted by Gasteiger charge is 2.22. The van der Waals surface area contributed by atoms with Crippen LogP contribution >= 0.6 is 12.4 Å². The second-order valence-corrected chi connectivity index (χ2v) is 6.44. The Morgan fingerprint density at radius 1 is 1.28 bits per heavy atom. The summed E-state index contributed by atoms with van der Waals surface area (Å²) in [4.78, 5) is 41.2. The molecule has 2 aromatic rings. The Kier molecular flexibility index (Phi) is 5.69. The average Bonchev–Trinajstić information content (AvgIpc) is 2.94. The summed E-state index contributed by atoms with van der Waals surface area (Å²) in [5, 5.41) is 2.89. The molecule has 1 fully saturated rings. The van der Waals surface area contributed by atoms with Crippen molar-refractivity contribution in [2.75, 3.05) is 0 Å². The maximum absolute atomic E-state index is 12.5. The topological polar surface area (TPSA) is 117 Å². The normalized spacial score (nSPS) is 20.3. The fourth-order valence-corrected chi connectivity index (χ4v) is 3.22. The van der Waals surface area contributed by atoms with Crippen LogP contribution in [0, 0.1) is 0 Å². The lowest BCUT2D eigenvalue weighted by molar-refractivity contribution is -0.122. The van der Waals surface area contributed by atoms with E-state index < -0.39 is 11.2 Å². The van der Waals surface area contributed by atoms with E-state index in [0.717, 1.165) is 30.3 Å². The molecule has 0 aliphatic heterocycles. The third-order valence-electron chi connectivity index (χ3n) is 4.64. The summed E-state index contributed by atoms with van der Waals surface area (Å²) in [6.07, 6.45) is 4.85. The van der Waals surface area contributed by atoms with E-state index >= 15 is 0 Å². The van der Waals surface area contributed by atoms with E-state index in [1.165, 1.54) is 17.9 Å². The van der Waals surface area contributed by atoms with Crippen LogP contribution in [0.3, 0.4) is 0 Å². The molecule has 0 aromatic carbocycles. The van der Waals surface area contributed by atoms with Gasteiger partial charge in [0.1, 0.15) is 6.54 Å². The van der Waals surface area contributed by atoms with Gasteiger partial charge in [-0.15, -0.1) is 12.4 Å². The van der Waals surface area contributed by atoms with Crippen LogP contribution in [0.1, 0.15) is 25.7 Å². The Labute approximate surface area is 150 Å². The highest BCUT2D eigenvalue weighted by molar-refractivity contribution is 5.85. The fraction of sp³-hybridized carbons (Fsp3) is 0.600. The third kappa shape index (κ3) is 3.62. The molecule has 1 aliphatic carbocycles. The van der Waals surface area contributed by atoms with Gasteiger partial charge in [-0.2, -0.15) is 0 Å². The Bertz CT molecular complexity index is 891. The van der Waals surface area contributed by atoms with E-state index in [4.69, 9.17) is 5.73 Å². The number of nitrogens with one attached hydrogen (secondary N) is 1. The van der Waals surface area contributed by atoms with Crippen LogP contribution in [0.15, 0.2) is 15.9 Å². The minimum absolute atomic E-state index is 0. The lowest BCUT2D eigenvalue weighted by atomic mass is 9.92. The number of carbonyl (C=O) groups excluding carboxylic acids is 1. The van der Waals surface area contributed by atoms with Crippen LogP contribution in [0.25, 0.3) is 11.2 Å². The number of nitrogens with zero attached hydrogens (tertiary/aromatic N) is 4. The molecule has 2 aromatic heterocycles. The molecule has 3 N–H and O–H groups in total. The first-order valence-corrected chi connectivity index (χ1v) is 8.04. The van der Waals surface area contributed by atoms with Gasteiger partial charge in [-0.1, -0.05) is 0 Å². The average molecular weight is 371 g/mol. The molecule has 2 heterocycles. The van der Waals surface area contributed by atoms with Crippen LogP contribution < -0.4 is 22.3 Å². The minimum Gasteiger partial charge on any atom is -0.352 e. The van der Waals surface area contributed by atoms with Crippen molar-refractivity contribution in [3.8, 4) is 0 Å². The molecule has 0 radical (unpaired) electrons. The zero-order valence-corrected chi connectivity index (χ0v) is 15.1. The molecule has 10 heteroatoms. The zero-order chi connectivity index (χ0) is 17.4. The molecular formula is C15H23ClN6O3. The number of hydrogen-bond donors (Lipinski definition) is 2. The molecule has 1 saturated carbocycles. The Morgan fingerprint density at radius 3 is 2.56 bits per heavy atom. The second kappa shape index (κ2) is 7.40. The van der Waals surface area contributed by atoms with Crippen LogP contribution in [0.5, 0.6) is 0 Å². The van der Waals surface area contributed by atoms with Crippen LogP contribution in [0.2, 0.25) is 0 Å². The Balaban J connectivity index is 0.00000225. The van der Waals surface area contributed by atoms with Gasteiger partial charge in [0.05, 0.1) is 6.33 Å². The minimum atomic E-state index is -0.549. The van der Waals surface area contributed by atoms with Gasteiger partial charge in [-0.3, -0.25) is 14.2 Å². The van der Waals surface area contributed by atoms with Crippen LogP contribution in [-0.4, -0.2) is 36.7 Å². The van der Waals surface area contributed by atoms with E-state index in [1.807, 2.05) is 0 Å². The predicted molar refractivity (Wildman–Crippen MR) is 95.8 cm³/mol. The molecular weight excluding hydrogens is 348 g/mol. The zero-order valence-electron chi connectivity index (χ0n) is 14.3. The molecule has 1 aliphatic rings. The largest absolute Gasteiger partial charge is 0.352 e. The second-order valence-electron chi connectivity index (χ2n) is 6.44. The molecule has 0 bridgehead atoms. The predicted octanol–water partition coefficient (Wildman–Crippen LogP) is -0.758. The highest BCUT2D eigenvalue weighted by atomic mass is 35.5. The summed E-state index contributed by atoms with van der Waals surface area (Å²) in [7, 11) is 3.21. The van der Waals surface area contributed by atoms with Gasteiger partial charge in [0.15, 0.2) is 11.2 Å². The Hall–Kier alpha value is -2.13. The molecule has 138 valence electrons. The van der Waals surface area contributed by atoms with Gasteiger partial charge in [0, 0.05) is 26.2 Å². The van der Waals surface area contributed by atoms with Crippen molar-refractivity contribution < 1.29 is 4.79 Å². The molecule has 1 amide bonds. The van der Waals surface area contributed by atoms with Crippen molar-refractivity contribution >= 4 is 29.5 Å².